The molecule has 5 nitrogen and oxygen atoms in total. The molecule has 0 aliphatic carbocycles. The maximum Gasteiger partial charge on any atom is 0.313 e. The quantitative estimate of drug-likeness (QED) is 0.677. The molecule has 0 aromatic heterocycles. The van der Waals surface area contributed by atoms with Crippen LogP contribution in [0.5, 0.6) is 11.5 Å². The molecule has 21 heavy (non-hydrogen) atoms. The van der Waals surface area contributed by atoms with Crippen LogP contribution in [0.25, 0.3) is 0 Å². The molecule has 1 atom stereocenters. The van der Waals surface area contributed by atoms with Crippen LogP contribution in [0.15, 0.2) is 36.4 Å². The molecule has 0 bridgehead atoms. The standard InChI is InChI=1S/C14H11ClFNO4/c1-8(18)9-5-6-13(11(16)7-9)21-14-10(15)3-2-4-12(14)17(19)20/h2-8,18H,1H3/t8-/m1/s1. The molecule has 0 spiro atoms. The minimum atomic E-state index is -0.830. The largest absolute Gasteiger partial charge is 0.445 e. The van der Waals surface area contributed by atoms with Gasteiger partial charge in [-0.15, -0.1) is 0 Å². The van der Waals surface area contributed by atoms with Crippen molar-refractivity contribution in [3.8, 4) is 11.5 Å². The van der Waals surface area contributed by atoms with Gasteiger partial charge >= 0.3 is 5.69 Å². The summed E-state index contributed by atoms with van der Waals surface area (Å²) in [6.07, 6.45) is -0.830. The van der Waals surface area contributed by atoms with Crippen molar-refractivity contribution in [2.75, 3.05) is 0 Å². The number of halogens is 2. The molecule has 0 saturated carbocycles. The second-order valence-corrected chi connectivity index (χ2v) is 4.72. The summed E-state index contributed by atoms with van der Waals surface area (Å²) < 4.78 is 19.1. The summed E-state index contributed by atoms with van der Waals surface area (Å²) in [7, 11) is 0. The van der Waals surface area contributed by atoms with Crippen molar-refractivity contribution in [1.29, 1.82) is 0 Å². The lowest BCUT2D eigenvalue weighted by atomic mass is 10.1. The molecular weight excluding hydrogens is 301 g/mol. The third-order valence-corrected chi connectivity index (χ3v) is 3.09. The highest BCUT2D eigenvalue weighted by atomic mass is 35.5. The van der Waals surface area contributed by atoms with Crippen LogP contribution in [0.3, 0.4) is 0 Å². The topological polar surface area (TPSA) is 72.6 Å². The third kappa shape index (κ3) is 3.29. The number of hydrogen-bond acceptors (Lipinski definition) is 4. The molecule has 0 heterocycles. The van der Waals surface area contributed by atoms with Gasteiger partial charge in [-0.05, 0) is 30.7 Å². The summed E-state index contributed by atoms with van der Waals surface area (Å²) >= 11 is 5.87. The zero-order valence-electron chi connectivity index (χ0n) is 10.9. The van der Waals surface area contributed by atoms with Crippen LogP contribution in [-0.2, 0) is 0 Å². The normalized spacial score (nSPS) is 12.0. The molecule has 110 valence electrons. The second kappa shape index (κ2) is 6.07. The number of aliphatic hydroxyl groups excluding tert-OH is 1. The van der Waals surface area contributed by atoms with Crippen LogP contribution in [-0.4, -0.2) is 10.0 Å². The summed E-state index contributed by atoms with van der Waals surface area (Å²) in [5, 5.41) is 20.3. The van der Waals surface area contributed by atoms with Gasteiger partial charge in [0.15, 0.2) is 11.6 Å². The van der Waals surface area contributed by atoms with Crippen LogP contribution in [0.1, 0.15) is 18.6 Å². The Morgan fingerprint density at radius 1 is 1.38 bits per heavy atom. The van der Waals surface area contributed by atoms with Gasteiger partial charge in [-0.2, -0.15) is 0 Å². The Balaban J connectivity index is 2.41. The fourth-order valence-corrected chi connectivity index (χ4v) is 1.92. The number of hydrogen-bond donors (Lipinski definition) is 1. The Hall–Kier alpha value is -2.18. The van der Waals surface area contributed by atoms with Gasteiger partial charge in [0, 0.05) is 6.07 Å². The van der Waals surface area contributed by atoms with Crippen molar-refractivity contribution in [2.24, 2.45) is 0 Å². The maximum absolute atomic E-state index is 13.9. The van der Waals surface area contributed by atoms with E-state index in [0.29, 0.717) is 5.56 Å². The Kier molecular flexibility index (Phi) is 4.40. The Labute approximate surface area is 124 Å². The highest BCUT2D eigenvalue weighted by molar-refractivity contribution is 6.32. The van der Waals surface area contributed by atoms with Crippen LogP contribution in [0.4, 0.5) is 10.1 Å². The van der Waals surface area contributed by atoms with Crippen LogP contribution >= 0.6 is 11.6 Å². The van der Waals surface area contributed by atoms with Crippen molar-refractivity contribution in [3.63, 3.8) is 0 Å². The van der Waals surface area contributed by atoms with Gasteiger partial charge in [0.05, 0.1) is 16.0 Å². The first-order valence-corrected chi connectivity index (χ1v) is 6.36. The summed E-state index contributed by atoms with van der Waals surface area (Å²) in [5.74, 6) is -1.19. The van der Waals surface area contributed by atoms with Crippen molar-refractivity contribution in [3.05, 3.63) is 62.9 Å². The summed E-state index contributed by atoms with van der Waals surface area (Å²) in [5.41, 5.74) is 0.00927. The lowest BCUT2D eigenvalue weighted by molar-refractivity contribution is -0.385. The van der Waals surface area contributed by atoms with E-state index < -0.39 is 16.8 Å². The zero-order valence-corrected chi connectivity index (χ0v) is 11.7. The minimum absolute atomic E-state index is 0.00297. The van der Waals surface area contributed by atoms with Crippen molar-refractivity contribution in [1.82, 2.24) is 0 Å². The highest BCUT2D eigenvalue weighted by Gasteiger charge is 2.20. The second-order valence-electron chi connectivity index (χ2n) is 4.31. The number of aliphatic hydroxyl groups is 1. The van der Waals surface area contributed by atoms with Gasteiger partial charge in [0.2, 0.25) is 5.75 Å². The maximum atomic E-state index is 13.9. The summed E-state index contributed by atoms with van der Waals surface area (Å²) in [4.78, 5) is 10.3. The number of nitro groups is 1. The molecule has 0 aliphatic heterocycles. The number of nitrogens with zero attached hydrogens (tertiary/aromatic N) is 1. The predicted molar refractivity (Wildman–Crippen MR) is 75.2 cm³/mol. The van der Waals surface area contributed by atoms with Crippen LogP contribution in [0, 0.1) is 15.9 Å². The lowest BCUT2D eigenvalue weighted by Crippen LogP contribution is -1.97. The first kappa shape index (κ1) is 15.2. The van der Waals surface area contributed by atoms with Gasteiger partial charge in [-0.25, -0.2) is 4.39 Å². The van der Waals surface area contributed by atoms with E-state index in [1.165, 1.54) is 37.3 Å². The molecule has 7 heteroatoms. The molecule has 1 N–H and O–H groups in total. The summed E-state index contributed by atoms with van der Waals surface area (Å²) in [6.45, 7) is 1.49. The van der Waals surface area contributed by atoms with Crippen molar-refractivity contribution < 1.29 is 19.2 Å². The average Bonchev–Trinajstić information content (AvgIpc) is 2.42. The van der Waals surface area contributed by atoms with Gasteiger partial charge in [0.25, 0.3) is 0 Å². The van der Waals surface area contributed by atoms with Gasteiger partial charge in [0.1, 0.15) is 0 Å². The summed E-state index contributed by atoms with van der Waals surface area (Å²) in [6, 6.07) is 7.87. The first-order chi connectivity index (χ1) is 9.90. The molecule has 2 rings (SSSR count). The molecule has 0 fully saturated rings. The molecule has 0 radical (unpaired) electrons. The molecule has 0 saturated heterocycles. The first-order valence-electron chi connectivity index (χ1n) is 5.98. The molecule has 0 amide bonds. The van der Waals surface area contributed by atoms with E-state index in [1.807, 2.05) is 0 Å². The van der Waals surface area contributed by atoms with E-state index in [2.05, 4.69) is 0 Å². The minimum Gasteiger partial charge on any atom is -0.445 e. The van der Waals surface area contributed by atoms with E-state index in [9.17, 15) is 19.6 Å². The Morgan fingerprint density at radius 2 is 2.10 bits per heavy atom. The highest BCUT2D eigenvalue weighted by Crippen LogP contribution is 2.38. The van der Waals surface area contributed by atoms with Crippen LogP contribution in [0.2, 0.25) is 5.02 Å². The van der Waals surface area contributed by atoms with Gasteiger partial charge in [-0.1, -0.05) is 23.7 Å². The number of rotatable bonds is 4. The van der Waals surface area contributed by atoms with E-state index >= 15 is 0 Å². The molecule has 0 unspecified atom stereocenters. The van der Waals surface area contributed by atoms with E-state index in [4.69, 9.17) is 16.3 Å². The Morgan fingerprint density at radius 3 is 2.67 bits per heavy atom. The van der Waals surface area contributed by atoms with Crippen LogP contribution < -0.4 is 4.74 Å². The number of ether oxygens (including phenoxy) is 1. The third-order valence-electron chi connectivity index (χ3n) is 2.79. The average molecular weight is 312 g/mol. The molecule has 2 aromatic carbocycles. The predicted octanol–water partition coefficient (Wildman–Crippen LogP) is 4.23. The molecular formula is C14H11ClFNO4. The van der Waals surface area contributed by atoms with Crippen molar-refractivity contribution >= 4 is 17.3 Å². The fourth-order valence-electron chi connectivity index (χ4n) is 1.71. The van der Waals surface area contributed by atoms with E-state index in [0.717, 1.165) is 6.07 Å². The smallest absolute Gasteiger partial charge is 0.313 e. The zero-order chi connectivity index (χ0) is 15.6. The fraction of sp³-hybridized carbons (Fsp3) is 0.143. The number of benzene rings is 2. The monoisotopic (exact) mass is 311 g/mol. The lowest BCUT2D eigenvalue weighted by Gasteiger charge is -2.11. The van der Waals surface area contributed by atoms with Gasteiger partial charge in [-0.3, -0.25) is 10.1 Å². The van der Waals surface area contributed by atoms with E-state index in [1.54, 1.807) is 0 Å². The SMILES string of the molecule is C[C@@H](O)c1ccc(Oc2c(Cl)cccc2[N+](=O)[O-])c(F)c1. The van der Waals surface area contributed by atoms with Gasteiger partial charge < -0.3 is 9.84 Å². The molecule has 2 aromatic rings. The number of nitro benzene ring substituents is 1. The Bertz CT molecular complexity index is 691. The van der Waals surface area contributed by atoms with Crippen molar-refractivity contribution in [2.45, 2.75) is 13.0 Å². The number of para-hydroxylation sites is 1. The molecule has 0 aliphatic rings. The van der Waals surface area contributed by atoms with E-state index in [-0.39, 0.29) is 22.2 Å².